The number of amides is 2. The summed E-state index contributed by atoms with van der Waals surface area (Å²) < 4.78 is 1.52. The smallest absolute Gasteiger partial charge is 0.337 e. The molecule has 1 heterocycles. The van der Waals surface area contributed by atoms with Gasteiger partial charge in [0.15, 0.2) is 5.82 Å². The number of aromatic carboxylic acids is 1. The number of hydrogen-bond donors (Lipinski definition) is 3. The molecule has 8 nitrogen and oxygen atoms in total. The SMILES string of the molecule is Cn1cnc(CNC(=O)Nc2ccc(Cl)c(C(=O)O)c2)n1. The number of carbonyl (C=O) groups excluding carboxylic acids is 1. The average molecular weight is 310 g/mol. The second kappa shape index (κ2) is 6.23. The van der Waals surface area contributed by atoms with E-state index in [-0.39, 0.29) is 17.1 Å². The number of aryl methyl sites for hydroxylation is 1. The van der Waals surface area contributed by atoms with Gasteiger partial charge in [-0.3, -0.25) is 4.68 Å². The first kappa shape index (κ1) is 14.8. The van der Waals surface area contributed by atoms with Crippen LogP contribution in [0.1, 0.15) is 16.2 Å². The molecule has 0 aliphatic carbocycles. The van der Waals surface area contributed by atoms with Gasteiger partial charge in [0.1, 0.15) is 6.33 Å². The summed E-state index contributed by atoms with van der Waals surface area (Å²) in [5, 5.41) is 18.1. The van der Waals surface area contributed by atoms with Crippen LogP contribution in [0.4, 0.5) is 10.5 Å². The number of urea groups is 1. The number of benzene rings is 1. The van der Waals surface area contributed by atoms with Crippen molar-refractivity contribution >= 4 is 29.3 Å². The van der Waals surface area contributed by atoms with Crippen LogP contribution in [-0.2, 0) is 13.6 Å². The molecule has 0 fully saturated rings. The number of nitrogens with one attached hydrogen (secondary N) is 2. The van der Waals surface area contributed by atoms with Crippen molar-refractivity contribution in [3.63, 3.8) is 0 Å². The lowest BCUT2D eigenvalue weighted by Gasteiger charge is -2.07. The van der Waals surface area contributed by atoms with E-state index in [1.807, 2.05) is 0 Å². The largest absolute Gasteiger partial charge is 0.478 e. The molecule has 2 aromatic rings. The normalized spacial score (nSPS) is 10.2. The van der Waals surface area contributed by atoms with Crippen LogP contribution in [0.25, 0.3) is 0 Å². The summed E-state index contributed by atoms with van der Waals surface area (Å²) in [6, 6.07) is 3.69. The van der Waals surface area contributed by atoms with Crippen molar-refractivity contribution in [2.75, 3.05) is 5.32 Å². The summed E-state index contributed by atoms with van der Waals surface area (Å²) in [6.45, 7) is 0.159. The Morgan fingerprint density at radius 3 is 2.81 bits per heavy atom. The minimum absolute atomic E-state index is 0.0825. The molecule has 0 bridgehead atoms. The number of carbonyl (C=O) groups is 2. The van der Waals surface area contributed by atoms with Gasteiger partial charge in [-0.25, -0.2) is 14.6 Å². The van der Waals surface area contributed by atoms with Crippen LogP contribution in [0.5, 0.6) is 0 Å². The van der Waals surface area contributed by atoms with Crippen molar-refractivity contribution in [2.45, 2.75) is 6.54 Å². The Balaban J connectivity index is 1.96. The van der Waals surface area contributed by atoms with Crippen LogP contribution in [0.3, 0.4) is 0 Å². The molecule has 3 N–H and O–H groups in total. The molecule has 21 heavy (non-hydrogen) atoms. The lowest BCUT2D eigenvalue weighted by Crippen LogP contribution is -2.28. The highest BCUT2D eigenvalue weighted by Gasteiger charge is 2.11. The Morgan fingerprint density at radius 1 is 1.43 bits per heavy atom. The molecule has 2 rings (SSSR count). The predicted octanol–water partition coefficient (Wildman–Crippen LogP) is 1.49. The molecule has 110 valence electrons. The van der Waals surface area contributed by atoms with Gasteiger partial charge < -0.3 is 15.7 Å². The molecule has 0 unspecified atom stereocenters. The standard InChI is InChI=1S/C12H12ClN5O3/c1-18-6-15-10(17-18)5-14-12(21)16-7-2-3-9(13)8(4-7)11(19)20/h2-4,6H,5H2,1H3,(H,19,20)(H2,14,16,21). The van der Waals surface area contributed by atoms with Crippen LogP contribution in [0.15, 0.2) is 24.5 Å². The Hall–Kier alpha value is -2.61. The van der Waals surface area contributed by atoms with E-state index in [0.29, 0.717) is 11.5 Å². The van der Waals surface area contributed by atoms with E-state index < -0.39 is 12.0 Å². The van der Waals surface area contributed by atoms with E-state index in [0.717, 1.165) is 0 Å². The van der Waals surface area contributed by atoms with Crippen LogP contribution in [-0.4, -0.2) is 31.9 Å². The van der Waals surface area contributed by atoms with E-state index in [9.17, 15) is 9.59 Å². The summed E-state index contributed by atoms with van der Waals surface area (Å²) in [5.74, 6) is -0.697. The first-order valence-electron chi connectivity index (χ1n) is 5.88. The molecule has 0 spiro atoms. The van der Waals surface area contributed by atoms with Gasteiger partial charge in [0, 0.05) is 12.7 Å². The molecular weight excluding hydrogens is 298 g/mol. The minimum Gasteiger partial charge on any atom is -0.478 e. The van der Waals surface area contributed by atoms with Crippen LogP contribution in [0, 0.1) is 0 Å². The van der Waals surface area contributed by atoms with Crippen LogP contribution >= 0.6 is 11.6 Å². The van der Waals surface area contributed by atoms with E-state index in [1.165, 1.54) is 29.2 Å². The molecular formula is C12H12ClN5O3. The highest BCUT2D eigenvalue weighted by Crippen LogP contribution is 2.20. The molecule has 0 radical (unpaired) electrons. The van der Waals surface area contributed by atoms with Crippen molar-refractivity contribution in [3.05, 3.63) is 40.9 Å². The summed E-state index contributed by atoms with van der Waals surface area (Å²) in [5.41, 5.74) is 0.240. The maximum Gasteiger partial charge on any atom is 0.337 e. The lowest BCUT2D eigenvalue weighted by atomic mass is 10.2. The molecule has 1 aromatic heterocycles. The number of carboxylic acid groups (broad SMARTS) is 1. The third-order valence-electron chi connectivity index (χ3n) is 2.51. The Labute approximate surface area is 124 Å². The molecule has 0 atom stereocenters. The summed E-state index contributed by atoms with van der Waals surface area (Å²) in [7, 11) is 1.72. The van der Waals surface area contributed by atoms with Gasteiger partial charge in [0.05, 0.1) is 17.1 Å². The molecule has 1 aromatic carbocycles. The minimum atomic E-state index is -1.17. The van der Waals surface area contributed by atoms with Crippen molar-refractivity contribution in [1.29, 1.82) is 0 Å². The fraction of sp³-hybridized carbons (Fsp3) is 0.167. The number of rotatable bonds is 4. The molecule has 9 heteroatoms. The van der Waals surface area contributed by atoms with E-state index >= 15 is 0 Å². The van der Waals surface area contributed by atoms with Crippen molar-refractivity contribution in [1.82, 2.24) is 20.1 Å². The van der Waals surface area contributed by atoms with Gasteiger partial charge in [-0.15, -0.1) is 0 Å². The molecule has 0 aliphatic rings. The van der Waals surface area contributed by atoms with Gasteiger partial charge in [0.25, 0.3) is 0 Å². The highest BCUT2D eigenvalue weighted by atomic mass is 35.5. The highest BCUT2D eigenvalue weighted by molar-refractivity contribution is 6.33. The quantitative estimate of drug-likeness (QED) is 0.792. The lowest BCUT2D eigenvalue weighted by molar-refractivity contribution is 0.0697. The number of hydrogen-bond acceptors (Lipinski definition) is 4. The maximum absolute atomic E-state index is 11.7. The zero-order valence-corrected chi connectivity index (χ0v) is 11.8. The topological polar surface area (TPSA) is 109 Å². The number of nitrogens with zero attached hydrogens (tertiary/aromatic N) is 3. The summed E-state index contributed by atoms with van der Waals surface area (Å²) in [4.78, 5) is 26.6. The summed E-state index contributed by atoms with van der Waals surface area (Å²) >= 11 is 5.74. The van der Waals surface area contributed by atoms with E-state index in [2.05, 4.69) is 20.7 Å². The van der Waals surface area contributed by atoms with Gasteiger partial charge in [-0.1, -0.05) is 11.6 Å². The zero-order valence-electron chi connectivity index (χ0n) is 11.0. The monoisotopic (exact) mass is 309 g/mol. The fourth-order valence-corrected chi connectivity index (χ4v) is 1.76. The zero-order chi connectivity index (χ0) is 15.4. The average Bonchev–Trinajstić information content (AvgIpc) is 2.84. The number of carboxylic acids is 1. The van der Waals surface area contributed by atoms with E-state index in [4.69, 9.17) is 16.7 Å². The first-order valence-corrected chi connectivity index (χ1v) is 6.25. The van der Waals surface area contributed by atoms with Crippen molar-refractivity contribution < 1.29 is 14.7 Å². The third kappa shape index (κ3) is 3.93. The Morgan fingerprint density at radius 2 is 2.19 bits per heavy atom. The van der Waals surface area contributed by atoms with Gasteiger partial charge in [-0.05, 0) is 18.2 Å². The number of aromatic nitrogens is 3. The fourth-order valence-electron chi connectivity index (χ4n) is 1.57. The maximum atomic E-state index is 11.7. The molecule has 0 saturated heterocycles. The second-order valence-electron chi connectivity index (χ2n) is 4.14. The van der Waals surface area contributed by atoms with Gasteiger partial charge >= 0.3 is 12.0 Å². The first-order chi connectivity index (χ1) is 9.95. The Bertz CT molecular complexity index is 685. The van der Waals surface area contributed by atoms with Crippen molar-refractivity contribution in [2.24, 2.45) is 7.05 Å². The Kier molecular flexibility index (Phi) is 4.39. The molecule has 0 saturated carbocycles. The van der Waals surface area contributed by atoms with Crippen LogP contribution < -0.4 is 10.6 Å². The third-order valence-corrected chi connectivity index (χ3v) is 2.84. The van der Waals surface area contributed by atoms with Crippen LogP contribution in [0.2, 0.25) is 5.02 Å². The second-order valence-corrected chi connectivity index (χ2v) is 4.55. The molecule has 0 aliphatic heterocycles. The number of halogens is 1. The number of anilines is 1. The summed E-state index contributed by atoms with van der Waals surface area (Å²) in [6.07, 6.45) is 1.52. The van der Waals surface area contributed by atoms with Gasteiger partial charge in [0.2, 0.25) is 0 Å². The van der Waals surface area contributed by atoms with Crippen molar-refractivity contribution in [3.8, 4) is 0 Å². The van der Waals surface area contributed by atoms with Gasteiger partial charge in [-0.2, -0.15) is 5.10 Å². The predicted molar refractivity (Wildman–Crippen MR) is 75.3 cm³/mol. The molecule has 2 amide bonds. The van der Waals surface area contributed by atoms with E-state index in [1.54, 1.807) is 7.05 Å².